The van der Waals surface area contributed by atoms with Gasteiger partial charge in [-0.1, -0.05) is 60.7 Å². The second kappa shape index (κ2) is 10.2. The van der Waals surface area contributed by atoms with Crippen LogP contribution in [0, 0.1) is 0 Å². The second-order valence-corrected chi connectivity index (χ2v) is 9.62. The number of pyridine rings is 1. The van der Waals surface area contributed by atoms with E-state index in [4.69, 9.17) is 4.74 Å². The normalized spacial score (nSPS) is 17.1. The summed E-state index contributed by atoms with van der Waals surface area (Å²) >= 11 is 0. The van der Waals surface area contributed by atoms with Crippen molar-refractivity contribution in [3.63, 3.8) is 0 Å². The lowest BCUT2D eigenvalue weighted by Gasteiger charge is -2.42. The van der Waals surface area contributed by atoms with E-state index in [2.05, 4.69) is 52.3 Å². The molecule has 1 aromatic heterocycles. The zero-order valence-corrected chi connectivity index (χ0v) is 19.8. The molecule has 1 aliphatic rings. The first-order chi connectivity index (χ1) is 15.9. The molecule has 1 saturated heterocycles. The van der Waals surface area contributed by atoms with Crippen molar-refractivity contribution in [1.82, 2.24) is 14.8 Å². The van der Waals surface area contributed by atoms with E-state index in [0.717, 1.165) is 37.3 Å². The lowest BCUT2D eigenvalue weighted by molar-refractivity contribution is -0.00231. The highest BCUT2D eigenvalue weighted by Crippen LogP contribution is 2.26. The molecule has 0 unspecified atom stereocenters. The van der Waals surface area contributed by atoms with Crippen molar-refractivity contribution in [3.8, 4) is 11.3 Å². The standard InChI is InChI=1S/C28H33N3O2/c1-28(2,3)33-27(32)31-18-17-30(20-22-11-5-4-6-12-22)21-24(31)19-23-13-7-8-14-25(23)26-15-9-10-16-29-26/h4-16,24H,17-21H2,1-3H3/t24-/m1/s1. The smallest absolute Gasteiger partial charge is 0.410 e. The van der Waals surface area contributed by atoms with E-state index in [-0.39, 0.29) is 12.1 Å². The van der Waals surface area contributed by atoms with Gasteiger partial charge in [-0.3, -0.25) is 9.88 Å². The summed E-state index contributed by atoms with van der Waals surface area (Å²) in [6, 6.07) is 24.9. The van der Waals surface area contributed by atoms with Gasteiger partial charge in [0, 0.05) is 37.9 Å². The second-order valence-electron chi connectivity index (χ2n) is 9.62. The fourth-order valence-corrected chi connectivity index (χ4v) is 4.36. The van der Waals surface area contributed by atoms with Crippen molar-refractivity contribution in [1.29, 1.82) is 0 Å². The molecule has 0 N–H and O–H groups in total. The van der Waals surface area contributed by atoms with Gasteiger partial charge in [0.05, 0.1) is 11.7 Å². The highest BCUT2D eigenvalue weighted by molar-refractivity contribution is 5.69. The van der Waals surface area contributed by atoms with Gasteiger partial charge in [-0.2, -0.15) is 0 Å². The van der Waals surface area contributed by atoms with E-state index >= 15 is 0 Å². The first kappa shape index (κ1) is 23.0. The number of hydrogen-bond donors (Lipinski definition) is 0. The molecule has 2 aromatic carbocycles. The Morgan fingerprint density at radius 2 is 1.70 bits per heavy atom. The summed E-state index contributed by atoms with van der Waals surface area (Å²) in [5.74, 6) is 0. The Balaban J connectivity index is 1.58. The fourth-order valence-electron chi connectivity index (χ4n) is 4.36. The van der Waals surface area contributed by atoms with Crippen LogP contribution in [0.2, 0.25) is 0 Å². The van der Waals surface area contributed by atoms with Crippen molar-refractivity contribution in [2.24, 2.45) is 0 Å². The quantitative estimate of drug-likeness (QED) is 0.529. The van der Waals surface area contributed by atoms with Crippen LogP contribution >= 0.6 is 0 Å². The van der Waals surface area contributed by atoms with Crippen LogP contribution in [-0.2, 0) is 17.7 Å². The number of carbonyl (C=O) groups is 1. The number of hydrogen-bond acceptors (Lipinski definition) is 4. The Labute approximate surface area is 197 Å². The number of amides is 1. The molecule has 1 fully saturated rings. The summed E-state index contributed by atoms with van der Waals surface area (Å²) < 4.78 is 5.77. The molecule has 2 heterocycles. The van der Waals surface area contributed by atoms with Gasteiger partial charge in [0.2, 0.25) is 0 Å². The summed E-state index contributed by atoms with van der Waals surface area (Å²) in [6.07, 6.45) is 2.33. The van der Waals surface area contributed by atoms with Gasteiger partial charge < -0.3 is 9.64 Å². The molecule has 0 bridgehead atoms. The molecule has 1 atom stereocenters. The molecule has 0 aliphatic carbocycles. The Hall–Kier alpha value is -3.18. The number of aromatic nitrogens is 1. The van der Waals surface area contributed by atoms with E-state index in [9.17, 15) is 4.79 Å². The zero-order chi connectivity index (χ0) is 23.3. The van der Waals surface area contributed by atoms with Crippen LogP contribution in [-0.4, -0.2) is 52.2 Å². The Morgan fingerprint density at radius 3 is 2.42 bits per heavy atom. The molecule has 3 aromatic rings. The van der Waals surface area contributed by atoms with Crippen LogP contribution in [0.15, 0.2) is 79.0 Å². The van der Waals surface area contributed by atoms with Gasteiger partial charge in [0.15, 0.2) is 0 Å². The first-order valence-corrected chi connectivity index (χ1v) is 11.6. The van der Waals surface area contributed by atoms with E-state index in [1.807, 2.05) is 62.2 Å². The maximum absolute atomic E-state index is 13.1. The predicted molar refractivity (Wildman–Crippen MR) is 132 cm³/mol. The topological polar surface area (TPSA) is 45.7 Å². The number of benzene rings is 2. The Kier molecular flexibility index (Phi) is 7.09. The van der Waals surface area contributed by atoms with Crippen LogP contribution in [0.4, 0.5) is 4.79 Å². The fraction of sp³-hybridized carbons (Fsp3) is 0.357. The molecule has 0 radical (unpaired) electrons. The lowest BCUT2D eigenvalue weighted by atomic mass is 9.95. The Bertz CT molecular complexity index is 1050. The van der Waals surface area contributed by atoms with E-state index in [0.29, 0.717) is 6.54 Å². The van der Waals surface area contributed by atoms with Gasteiger partial charge in [0.1, 0.15) is 5.60 Å². The number of ether oxygens (including phenoxy) is 1. The molecule has 0 spiro atoms. The third kappa shape index (κ3) is 6.20. The van der Waals surface area contributed by atoms with Crippen LogP contribution in [0.1, 0.15) is 31.9 Å². The predicted octanol–water partition coefficient (Wildman–Crippen LogP) is 5.41. The first-order valence-electron chi connectivity index (χ1n) is 11.6. The third-order valence-electron chi connectivity index (χ3n) is 5.86. The SMILES string of the molecule is CC(C)(C)OC(=O)N1CCN(Cc2ccccc2)C[C@H]1Cc1ccccc1-c1ccccn1. The van der Waals surface area contributed by atoms with Crippen molar-refractivity contribution < 1.29 is 9.53 Å². The molecule has 1 aliphatic heterocycles. The molecule has 33 heavy (non-hydrogen) atoms. The largest absolute Gasteiger partial charge is 0.444 e. The van der Waals surface area contributed by atoms with E-state index in [1.54, 1.807) is 0 Å². The lowest BCUT2D eigenvalue weighted by Crippen LogP contribution is -2.56. The minimum Gasteiger partial charge on any atom is -0.444 e. The summed E-state index contributed by atoms with van der Waals surface area (Å²) in [5, 5.41) is 0. The third-order valence-corrected chi connectivity index (χ3v) is 5.86. The van der Waals surface area contributed by atoms with Crippen molar-refractivity contribution in [2.45, 2.75) is 45.4 Å². The van der Waals surface area contributed by atoms with Gasteiger partial charge in [0.25, 0.3) is 0 Å². The molecule has 0 saturated carbocycles. The van der Waals surface area contributed by atoms with Gasteiger partial charge >= 0.3 is 6.09 Å². The molecule has 1 amide bonds. The van der Waals surface area contributed by atoms with Crippen LogP contribution in [0.25, 0.3) is 11.3 Å². The van der Waals surface area contributed by atoms with Crippen LogP contribution < -0.4 is 0 Å². The highest BCUT2D eigenvalue weighted by atomic mass is 16.6. The van der Waals surface area contributed by atoms with Gasteiger partial charge in [-0.25, -0.2) is 4.79 Å². The number of carbonyl (C=O) groups excluding carboxylic acids is 1. The minimum absolute atomic E-state index is 0.0159. The summed E-state index contributed by atoms with van der Waals surface area (Å²) in [5.41, 5.74) is 4.03. The Morgan fingerprint density at radius 1 is 0.970 bits per heavy atom. The molecule has 4 rings (SSSR count). The highest BCUT2D eigenvalue weighted by Gasteiger charge is 2.33. The summed E-state index contributed by atoms with van der Waals surface area (Å²) in [6.45, 7) is 8.91. The number of rotatable bonds is 5. The average molecular weight is 444 g/mol. The van der Waals surface area contributed by atoms with Crippen molar-refractivity contribution in [3.05, 3.63) is 90.1 Å². The monoisotopic (exact) mass is 443 g/mol. The van der Waals surface area contributed by atoms with E-state index in [1.165, 1.54) is 11.1 Å². The van der Waals surface area contributed by atoms with Crippen molar-refractivity contribution in [2.75, 3.05) is 19.6 Å². The summed E-state index contributed by atoms with van der Waals surface area (Å²) in [4.78, 5) is 22.0. The minimum atomic E-state index is -0.519. The van der Waals surface area contributed by atoms with Crippen LogP contribution in [0.3, 0.4) is 0 Å². The maximum Gasteiger partial charge on any atom is 0.410 e. The van der Waals surface area contributed by atoms with Gasteiger partial charge in [-0.15, -0.1) is 0 Å². The molecular weight excluding hydrogens is 410 g/mol. The molecule has 172 valence electrons. The average Bonchev–Trinajstić information content (AvgIpc) is 2.80. The zero-order valence-electron chi connectivity index (χ0n) is 19.8. The number of piperazine rings is 1. The van der Waals surface area contributed by atoms with Crippen LogP contribution in [0.5, 0.6) is 0 Å². The molecule has 5 heteroatoms. The molecular formula is C28H33N3O2. The van der Waals surface area contributed by atoms with Gasteiger partial charge in [-0.05, 0) is 50.5 Å². The van der Waals surface area contributed by atoms with E-state index < -0.39 is 5.60 Å². The molecule has 5 nitrogen and oxygen atoms in total. The maximum atomic E-state index is 13.1. The number of nitrogens with zero attached hydrogens (tertiary/aromatic N) is 3. The summed E-state index contributed by atoms with van der Waals surface area (Å²) in [7, 11) is 0. The van der Waals surface area contributed by atoms with Crippen molar-refractivity contribution >= 4 is 6.09 Å².